The van der Waals surface area contributed by atoms with Crippen molar-refractivity contribution in [2.75, 3.05) is 26.7 Å². The molecule has 2 fully saturated rings. The Kier molecular flexibility index (Phi) is 15.7. The van der Waals surface area contributed by atoms with E-state index in [0.29, 0.717) is 46.4 Å². The summed E-state index contributed by atoms with van der Waals surface area (Å²) in [6.45, 7) is 4.02. The van der Waals surface area contributed by atoms with Crippen LogP contribution in [0, 0.1) is 11.8 Å². The second-order valence-corrected chi connectivity index (χ2v) is 18.1. The number of rotatable bonds is 12. The first kappa shape index (κ1) is 46.7. The predicted molar refractivity (Wildman–Crippen MR) is 249 cm³/mol. The van der Waals surface area contributed by atoms with Gasteiger partial charge in [-0.3, -0.25) is 24.1 Å². The van der Waals surface area contributed by atoms with E-state index in [9.17, 15) is 24.3 Å². The normalized spacial score (nSPS) is 20.8. The van der Waals surface area contributed by atoms with Crippen LogP contribution >= 0.6 is 23.2 Å². The minimum absolute atomic E-state index is 0.0435. The summed E-state index contributed by atoms with van der Waals surface area (Å²) in [7, 11) is 3.69. The van der Waals surface area contributed by atoms with E-state index in [0.717, 1.165) is 47.8 Å². The number of aromatic nitrogens is 2. The van der Waals surface area contributed by atoms with Gasteiger partial charge in [-0.05, 0) is 112 Å². The van der Waals surface area contributed by atoms with Crippen LogP contribution in [0.15, 0.2) is 103 Å². The fraction of sp³-hybridized carbons (Fsp3) is 0.392. The summed E-state index contributed by atoms with van der Waals surface area (Å²) in [6.07, 6.45) is 5.12. The van der Waals surface area contributed by atoms with Crippen LogP contribution in [0.25, 0.3) is 11.3 Å². The summed E-state index contributed by atoms with van der Waals surface area (Å²) < 4.78 is 8.59. The van der Waals surface area contributed by atoms with Crippen molar-refractivity contribution in [2.45, 2.75) is 83.5 Å². The second kappa shape index (κ2) is 21.6. The Morgan fingerprint density at radius 3 is 2.16 bits per heavy atom. The predicted octanol–water partition coefficient (Wildman–Crippen LogP) is 8.75. The number of hydrogen-bond acceptors (Lipinski definition) is 8. The molecule has 11 nitrogen and oxygen atoms in total. The Morgan fingerprint density at radius 2 is 1.45 bits per heavy atom. The first-order valence-electron chi connectivity index (χ1n) is 22.2. The van der Waals surface area contributed by atoms with Crippen LogP contribution < -0.4 is 4.74 Å². The lowest BCUT2D eigenvalue weighted by Crippen LogP contribution is -2.47. The smallest absolute Gasteiger partial charge is 0.228 e. The third-order valence-corrected chi connectivity index (χ3v) is 13.4. The summed E-state index contributed by atoms with van der Waals surface area (Å²) in [4.78, 5) is 67.6. The number of ketones is 2. The molecule has 7 rings (SSSR count). The average molecular weight is 907 g/mol. The van der Waals surface area contributed by atoms with Gasteiger partial charge in [-0.2, -0.15) is 0 Å². The number of nitrogens with zero attached hydrogens (tertiary/aromatic N) is 5. The molecular formula is C51H57Cl2N5O6. The highest BCUT2D eigenvalue weighted by Crippen LogP contribution is 2.33. The van der Waals surface area contributed by atoms with E-state index in [1.54, 1.807) is 49.2 Å². The highest BCUT2D eigenvalue weighted by molar-refractivity contribution is 6.31. The lowest BCUT2D eigenvalue weighted by molar-refractivity contribution is -0.145. The van der Waals surface area contributed by atoms with Crippen LogP contribution in [0.4, 0.5) is 0 Å². The maximum Gasteiger partial charge on any atom is 0.228 e. The van der Waals surface area contributed by atoms with Gasteiger partial charge in [0.15, 0.2) is 5.78 Å². The standard InChI is InChI=1S/C51H57Cl2N5O6/c1-34-47(61)27-40(33-59)51(63)55(2)43(26-36-11-16-41(52)17-12-36)19-22-46(60)39(25-35-9-5-4-6-10-35)28-50(62)58(34)31-38-13-18-42(53)29-48(38)64-44-20-14-37(15-21-44)45-30-54-49(56(45)3)32-57-23-7-8-24-57/h4-6,9-18,20-21,29-30,34,39-40,43,59H,7-8,19,22-28,31-33H2,1-3H3/t34-,39+,40-,43-/m0/s1. The Morgan fingerprint density at radius 1 is 0.766 bits per heavy atom. The van der Waals surface area contributed by atoms with Crippen molar-refractivity contribution >= 4 is 46.6 Å². The number of amides is 2. The van der Waals surface area contributed by atoms with Gasteiger partial charge in [0, 0.05) is 66.5 Å². The third-order valence-electron chi connectivity index (χ3n) is 12.9. The van der Waals surface area contributed by atoms with Crippen molar-refractivity contribution in [1.29, 1.82) is 0 Å². The van der Waals surface area contributed by atoms with Crippen molar-refractivity contribution in [3.05, 3.63) is 136 Å². The van der Waals surface area contributed by atoms with E-state index in [4.69, 9.17) is 32.9 Å². The number of aliphatic hydroxyl groups excluding tert-OH is 1. The van der Waals surface area contributed by atoms with E-state index in [-0.39, 0.29) is 37.5 Å². The van der Waals surface area contributed by atoms with Crippen LogP contribution in [0.5, 0.6) is 11.5 Å². The van der Waals surface area contributed by atoms with Crippen LogP contribution in [0.3, 0.4) is 0 Å². The van der Waals surface area contributed by atoms with Crippen molar-refractivity contribution in [1.82, 2.24) is 24.3 Å². The summed E-state index contributed by atoms with van der Waals surface area (Å²) in [5.74, 6) is -1.09. The average Bonchev–Trinajstić information content (AvgIpc) is 3.95. The fourth-order valence-electron chi connectivity index (χ4n) is 8.85. The molecule has 336 valence electrons. The number of benzene rings is 4. The Labute approximate surface area is 385 Å². The molecule has 2 aliphatic heterocycles. The maximum absolute atomic E-state index is 14.7. The molecule has 1 aromatic heterocycles. The van der Waals surface area contributed by atoms with Crippen LogP contribution in [0.2, 0.25) is 10.0 Å². The molecule has 64 heavy (non-hydrogen) atoms. The van der Waals surface area contributed by atoms with E-state index in [1.807, 2.05) is 80.0 Å². The number of hydrogen-bond donors (Lipinski definition) is 1. The van der Waals surface area contributed by atoms with E-state index < -0.39 is 42.2 Å². The maximum atomic E-state index is 14.7. The van der Waals surface area contributed by atoms with Crippen molar-refractivity contribution in [2.24, 2.45) is 18.9 Å². The highest BCUT2D eigenvalue weighted by atomic mass is 35.5. The van der Waals surface area contributed by atoms with Gasteiger partial charge in [0.05, 0.1) is 43.5 Å². The zero-order valence-electron chi connectivity index (χ0n) is 36.8. The molecule has 2 aliphatic rings. The number of ether oxygens (including phenoxy) is 1. The molecular weight excluding hydrogens is 849 g/mol. The molecule has 0 radical (unpaired) electrons. The molecule has 0 saturated carbocycles. The molecule has 1 N–H and O–H groups in total. The summed E-state index contributed by atoms with van der Waals surface area (Å²) in [6, 6.07) is 28.3. The number of imidazole rings is 1. The minimum atomic E-state index is -1.05. The zero-order valence-corrected chi connectivity index (χ0v) is 38.3. The lowest BCUT2D eigenvalue weighted by Gasteiger charge is -2.34. The summed E-state index contributed by atoms with van der Waals surface area (Å²) in [5, 5.41) is 11.5. The molecule has 4 atom stereocenters. The molecule has 13 heteroatoms. The number of carbonyl (C=O) groups excluding carboxylic acids is 4. The molecule has 5 aromatic rings. The van der Waals surface area contributed by atoms with Gasteiger partial charge in [0.2, 0.25) is 11.8 Å². The monoisotopic (exact) mass is 905 g/mol. The topological polar surface area (TPSA) is 125 Å². The Hall–Kier alpha value is -5.33. The van der Waals surface area contributed by atoms with Gasteiger partial charge in [-0.15, -0.1) is 0 Å². The summed E-state index contributed by atoms with van der Waals surface area (Å²) in [5.41, 5.74) is 4.39. The van der Waals surface area contributed by atoms with Crippen LogP contribution in [0.1, 0.15) is 68.0 Å². The summed E-state index contributed by atoms with van der Waals surface area (Å²) >= 11 is 12.7. The SMILES string of the molecule is C[C@H]1C(=O)C[C@@H](CO)C(=O)N(C)[C@H](Cc2ccc(Cl)cc2)CCC(=O)[C@H](Cc2ccccc2)CC(=O)N1Cc1ccc(Cl)cc1Oc1ccc(-c2cnc(CN3CCCC3)n2C)cc1. The number of likely N-dealkylation sites (tertiary alicyclic amines) is 1. The van der Waals surface area contributed by atoms with E-state index in [1.165, 1.54) is 17.7 Å². The van der Waals surface area contributed by atoms with Gasteiger partial charge in [-0.1, -0.05) is 71.7 Å². The highest BCUT2D eigenvalue weighted by Gasteiger charge is 2.36. The van der Waals surface area contributed by atoms with Gasteiger partial charge in [-0.25, -0.2) is 4.98 Å². The molecule has 2 saturated heterocycles. The quantitative estimate of drug-likeness (QED) is 0.132. The molecule has 0 spiro atoms. The zero-order chi connectivity index (χ0) is 45.3. The molecule has 0 unspecified atom stereocenters. The first-order valence-corrected chi connectivity index (χ1v) is 22.9. The van der Waals surface area contributed by atoms with Crippen molar-refractivity contribution in [3.8, 4) is 22.8 Å². The Balaban J connectivity index is 1.16. The molecule has 3 heterocycles. The van der Waals surface area contributed by atoms with Crippen LogP contribution in [-0.4, -0.2) is 91.6 Å². The molecule has 4 aromatic carbocycles. The third kappa shape index (κ3) is 11.7. The van der Waals surface area contributed by atoms with Crippen molar-refractivity contribution < 1.29 is 29.0 Å². The number of aliphatic hydroxyl groups is 1. The van der Waals surface area contributed by atoms with Crippen molar-refractivity contribution in [3.63, 3.8) is 0 Å². The van der Waals surface area contributed by atoms with E-state index >= 15 is 0 Å². The second-order valence-electron chi connectivity index (χ2n) is 17.3. The van der Waals surface area contributed by atoms with Gasteiger partial charge < -0.3 is 24.2 Å². The first-order chi connectivity index (χ1) is 30.9. The number of carbonyl (C=O) groups is 4. The van der Waals surface area contributed by atoms with E-state index in [2.05, 4.69) is 9.47 Å². The number of halogens is 2. The largest absolute Gasteiger partial charge is 0.457 e. The fourth-order valence-corrected chi connectivity index (χ4v) is 9.14. The Bertz CT molecular complexity index is 2400. The molecule has 2 amide bonds. The minimum Gasteiger partial charge on any atom is -0.457 e. The van der Waals surface area contributed by atoms with Gasteiger partial charge in [0.1, 0.15) is 23.1 Å². The van der Waals surface area contributed by atoms with Crippen LogP contribution in [-0.2, 0) is 52.2 Å². The molecule has 0 aliphatic carbocycles. The molecule has 0 bridgehead atoms. The van der Waals surface area contributed by atoms with Gasteiger partial charge >= 0.3 is 0 Å². The van der Waals surface area contributed by atoms with Gasteiger partial charge in [0.25, 0.3) is 0 Å². The number of likely N-dealkylation sites (N-methyl/N-ethyl adjacent to an activating group) is 1. The number of Topliss-reactive ketones (excluding diaryl/α,β-unsaturated/α-hetero) is 2. The lowest BCUT2D eigenvalue weighted by atomic mass is 9.87.